The third-order valence-corrected chi connectivity index (χ3v) is 5.78. The van der Waals surface area contributed by atoms with E-state index in [0.717, 1.165) is 25.7 Å². The van der Waals surface area contributed by atoms with Gasteiger partial charge < -0.3 is 20.4 Å². The van der Waals surface area contributed by atoms with Crippen molar-refractivity contribution in [3.63, 3.8) is 0 Å². The van der Waals surface area contributed by atoms with Gasteiger partial charge in [0.2, 0.25) is 0 Å². The van der Waals surface area contributed by atoms with E-state index in [0.29, 0.717) is 23.7 Å². The zero-order chi connectivity index (χ0) is 23.4. The van der Waals surface area contributed by atoms with Crippen LogP contribution in [0.3, 0.4) is 0 Å². The smallest absolute Gasteiger partial charge is 0.852 e. The molecule has 0 aromatic rings. The summed E-state index contributed by atoms with van der Waals surface area (Å²) in [5.74, 6) is 1.39. The molecular formula is C24H52O4Ti. The van der Waals surface area contributed by atoms with Crippen LogP contribution in [-0.4, -0.2) is 24.4 Å². The minimum absolute atomic E-state index is 0. The Morgan fingerprint density at radius 2 is 0.483 bits per heavy atom. The Kier molecular flexibility index (Phi) is 36.6. The monoisotopic (exact) mass is 452 g/mol. The summed E-state index contributed by atoms with van der Waals surface area (Å²) >= 11 is 0. The van der Waals surface area contributed by atoms with Crippen LogP contribution in [0.4, 0.5) is 0 Å². The van der Waals surface area contributed by atoms with Crippen molar-refractivity contribution >= 4 is 0 Å². The van der Waals surface area contributed by atoms with Crippen molar-refractivity contribution in [3.8, 4) is 0 Å². The third kappa shape index (κ3) is 33.4. The molecule has 5 heteroatoms. The van der Waals surface area contributed by atoms with E-state index >= 15 is 0 Å². The average molecular weight is 453 g/mol. The summed E-state index contributed by atoms with van der Waals surface area (Å²) in [5, 5.41) is 41.8. The fourth-order valence-electron chi connectivity index (χ4n) is 1.33. The van der Waals surface area contributed by atoms with Crippen LogP contribution in [-0.2, 0) is 21.7 Å². The predicted octanol–water partition coefficient (Wildman–Crippen LogP) is 3.12. The van der Waals surface area contributed by atoms with E-state index in [2.05, 4.69) is 0 Å². The molecule has 0 saturated heterocycles. The van der Waals surface area contributed by atoms with E-state index in [4.69, 9.17) is 0 Å². The Hall–Kier alpha value is 0.554. The molecule has 8 unspecified atom stereocenters. The van der Waals surface area contributed by atoms with Gasteiger partial charge in [0, 0.05) is 0 Å². The fourth-order valence-corrected chi connectivity index (χ4v) is 1.33. The van der Waals surface area contributed by atoms with Crippen LogP contribution in [0.1, 0.15) is 109 Å². The summed E-state index contributed by atoms with van der Waals surface area (Å²) in [5.41, 5.74) is 0. The van der Waals surface area contributed by atoms with Gasteiger partial charge in [-0.25, -0.2) is 0 Å². The average Bonchev–Trinajstić information content (AvgIpc) is 2.66. The summed E-state index contributed by atoms with van der Waals surface area (Å²) < 4.78 is 0. The first-order chi connectivity index (χ1) is 12.7. The van der Waals surface area contributed by atoms with Gasteiger partial charge in [-0.1, -0.05) is 132 Å². The number of hydrogen-bond acceptors (Lipinski definition) is 4. The molecule has 0 spiro atoms. The van der Waals surface area contributed by atoms with Gasteiger partial charge in [0.1, 0.15) is 0 Å². The molecule has 0 N–H and O–H groups in total. The normalized spacial score (nSPS) is 18.2. The van der Waals surface area contributed by atoms with E-state index in [9.17, 15) is 20.4 Å². The van der Waals surface area contributed by atoms with Crippen LogP contribution in [0.25, 0.3) is 0 Å². The van der Waals surface area contributed by atoms with Crippen molar-refractivity contribution in [3.05, 3.63) is 0 Å². The van der Waals surface area contributed by atoms with Crippen LogP contribution in [0.2, 0.25) is 0 Å². The van der Waals surface area contributed by atoms with E-state index in [1.807, 2.05) is 55.4 Å². The molecule has 0 heterocycles. The Morgan fingerprint density at radius 3 is 0.483 bits per heavy atom. The van der Waals surface area contributed by atoms with Crippen LogP contribution in [0.5, 0.6) is 0 Å². The summed E-state index contributed by atoms with van der Waals surface area (Å²) in [4.78, 5) is 0. The summed E-state index contributed by atoms with van der Waals surface area (Å²) in [6.07, 6.45) is 2.48. The molecule has 0 saturated carbocycles. The second-order valence-electron chi connectivity index (χ2n) is 8.36. The van der Waals surface area contributed by atoms with Crippen molar-refractivity contribution < 1.29 is 42.1 Å². The van der Waals surface area contributed by atoms with Crippen LogP contribution in [0.15, 0.2) is 0 Å². The molecule has 0 aliphatic heterocycles. The van der Waals surface area contributed by atoms with Gasteiger partial charge in [0.05, 0.1) is 0 Å². The van der Waals surface area contributed by atoms with Gasteiger partial charge in [0.25, 0.3) is 0 Å². The maximum atomic E-state index is 10.5. The molecule has 0 aliphatic carbocycles. The minimum Gasteiger partial charge on any atom is -0.852 e. The van der Waals surface area contributed by atoms with Crippen LogP contribution >= 0.6 is 0 Å². The molecule has 0 radical (unpaired) electrons. The van der Waals surface area contributed by atoms with Crippen molar-refractivity contribution in [1.29, 1.82) is 0 Å². The first kappa shape index (κ1) is 40.0. The van der Waals surface area contributed by atoms with Crippen LogP contribution < -0.4 is 20.4 Å². The van der Waals surface area contributed by atoms with Gasteiger partial charge in [-0.2, -0.15) is 0 Å². The largest absolute Gasteiger partial charge is 4.00 e. The quantitative estimate of drug-likeness (QED) is 0.529. The Morgan fingerprint density at radius 1 is 0.379 bits per heavy atom. The second-order valence-corrected chi connectivity index (χ2v) is 8.36. The summed E-state index contributed by atoms with van der Waals surface area (Å²) in [6, 6.07) is 0. The molecular weight excluding hydrogens is 400 g/mol. The van der Waals surface area contributed by atoms with Gasteiger partial charge in [-0.3, -0.25) is 0 Å². The van der Waals surface area contributed by atoms with Crippen molar-refractivity contribution in [2.75, 3.05) is 0 Å². The zero-order valence-electron chi connectivity index (χ0n) is 21.6. The molecule has 0 amide bonds. The topological polar surface area (TPSA) is 92.2 Å². The zero-order valence-corrected chi connectivity index (χ0v) is 23.1. The predicted molar refractivity (Wildman–Crippen MR) is 116 cm³/mol. The van der Waals surface area contributed by atoms with E-state index in [1.165, 1.54) is 0 Å². The standard InChI is InChI=1S/4C6H13O.Ti/c4*1-4-5(2)6(3)7;/h4*5-6H,4H2,1-3H3;/q4*-1;+4. The molecule has 0 bridgehead atoms. The number of hydrogen-bond donors (Lipinski definition) is 0. The van der Waals surface area contributed by atoms with Gasteiger partial charge in [-0.05, 0) is 0 Å². The van der Waals surface area contributed by atoms with E-state index in [-0.39, 0.29) is 46.1 Å². The van der Waals surface area contributed by atoms with Gasteiger partial charge in [0.15, 0.2) is 0 Å². The Bertz CT molecular complexity index is 228. The summed E-state index contributed by atoms with van der Waals surface area (Å²) in [7, 11) is 0. The molecule has 0 fully saturated rings. The first-order valence-electron chi connectivity index (χ1n) is 11.4. The van der Waals surface area contributed by atoms with Crippen molar-refractivity contribution in [1.82, 2.24) is 0 Å². The Labute approximate surface area is 198 Å². The van der Waals surface area contributed by atoms with Crippen molar-refractivity contribution in [2.45, 2.75) is 133 Å². The molecule has 0 aromatic carbocycles. The van der Waals surface area contributed by atoms with Gasteiger partial charge >= 0.3 is 21.7 Å². The maximum Gasteiger partial charge on any atom is 4.00 e. The third-order valence-electron chi connectivity index (χ3n) is 5.78. The molecule has 8 atom stereocenters. The van der Waals surface area contributed by atoms with Crippen molar-refractivity contribution in [2.24, 2.45) is 23.7 Å². The summed E-state index contributed by atoms with van der Waals surface area (Å²) in [6.45, 7) is 23.0. The molecule has 0 rings (SSSR count). The molecule has 0 aliphatic rings. The molecule has 0 aromatic heterocycles. The SMILES string of the molecule is CCC(C)C(C)[O-].CCC(C)C(C)[O-].CCC(C)C(C)[O-].CCC(C)C(C)[O-].[Ti+4]. The van der Waals surface area contributed by atoms with E-state index < -0.39 is 0 Å². The minimum atomic E-state index is -0.384. The molecule has 4 nitrogen and oxygen atoms in total. The Balaban J connectivity index is -0.0000000873. The first-order valence-corrected chi connectivity index (χ1v) is 11.4. The van der Waals surface area contributed by atoms with Gasteiger partial charge in [-0.15, -0.1) is 24.4 Å². The maximum absolute atomic E-state index is 10.5. The number of rotatable bonds is 8. The van der Waals surface area contributed by atoms with Crippen LogP contribution in [0, 0.1) is 23.7 Å². The van der Waals surface area contributed by atoms with E-state index in [1.54, 1.807) is 27.7 Å². The molecule has 176 valence electrons. The fraction of sp³-hybridized carbons (Fsp3) is 1.00. The molecule has 29 heavy (non-hydrogen) atoms. The second kappa shape index (κ2) is 26.6.